The Hall–Kier alpha value is -1.54. The van der Waals surface area contributed by atoms with E-state index in [1.54, 1.807) is 24.3 Å². The highest BCUT2D eigenvalue weighted by atomic mass is 35.5. The minimum atomic E-state index is -1.20. The van der Waals surface area contributed by atoms with Crippen LogP contribution >= 0.6 is 11.6 Å². The molecular weight excluding hydrogens is 200 g/mol. The summed E-state index contributed by atoms with van der Waals surface area (Å²) in [6.07, 6.45) is 5.77. The Balaban J connectivity index is 2.60. The number of carbonyl (C=O) groups excluding carboxylic acids is 1. The van der Waals surface area contributed by atoms with Crippen LogP contribution in [0.1, 0.15) is 5.56 Å². The molecule has 0 aromatic heterocycles. The van der Waals surface area contributed by atoms with Crippen molar-refractivity contribution in [2.75, 3.05) is 0 Å². The average molecular weight is 208 g/mol. The van der Waals surface area contributed by atoms with Crippen molar-refractivity contribution >= 4 is 23.6 Å². The second-order valence-corrected chi connectivity index (χ2v) is 3.03. The Kier molecular flexibility index (Phi) is 3.95. The summed E-state index contributed by atoms with van der Waals surface area (Å²) in [6.45, 7) is 0. The minimum Gasteiger partial charge on any atom is -0.545 e. The number of carboxylic acid groups (broad SMARTS) is 1. The molecule has 1 aromatic carbocycles. The van der Waals surface area contributed by atoms with Crippen LogP contribution < -0.4 is 5.11 Å². The zero-order valence-electron chi connectivity index (χ0n) is 7.31. The summed E-state index contributed by atoms with van der Waals surface area (Å²) in [5, 5.41) is 10.7. The summed E-state index contributed by atoms with van der Waals surface area (Å²) >= 11 is 5.69. The number of benzene rings is 1. The van der Waals surface area contributed by atoms with Gasteiger partial charge in [-0.15, -0.1) is 0 Å². The van der Waals surface area contributed by atoms with Crippen molar-refractivity contribution in [3.8, 4) is 0 Å². The fourth-order valence-corrected chi connectivity index (χ4v) is 1.00. The molecule has 0 radical (unpaired) electrons. The molecule has 0 aliphatic carbocycles. The number of carboxylic acids is 1. The van der Waals surface area contributed by atoms with Crippen LogP contribution in [0.5, 0.6) is 0 Å². The van der Waals surface area contributed by atoms with Crippen LogP contribution in [-0.4, -0.2) is 5.97 Å². The van der Waals surface area contributed by atoms with Crippen molar-refractivity contribution in [1.29, 1.82) is 0 Å². The van der Waals surface area contributed by atoms with E-state index in [-0.39, 0.29) is 0 Å². The molecule has 0 atom stereocenters. The third-order valence-corrected chi connectivity index (χ3v) is 1.75. The zero-order valence-corrected chi connectivity index (χ0v) is 8.07. The van der Waals surface area contributed by atoms with E-state index in [9.17, 15) is 9.90 Å². The van der Waals surface area contributed by atoms with Crippen molar-refractivity contribution in [2.24, 2.45) is 0 Å². The maximum absolute atomic E-state index is 10.0. The van der Waals surface area contributed by atoms with Crippen LogP contribution in [0.4, 0.5) is 0 Å². The van der Waals surface area contributed by atoms with Gasteiger partial charge >= 0.3 is 0 Å². The Labute approximate surface area is 87.1 Å². The second-order valence-electron chi connectivity index (χ2n) is 2.59. The number of hydrogen-bond acceptors (Lipinski definition) is 2. The molecule has 0 saturated heterocycles. The molecule has 0 N–H and O–H groups in total. The van der Waals surface area contributed by atoms with E-state index in [2.05, 4.69) is 0 Å². The summed E-state index contributed by atoms with van der Waals surface area (Å²) in [5.74, 6) is -1.20. The number of aliphatic carboxylic acids is 1. The van der Waals surface area contributed by atoms with Crippen molar-refractivity contribution in [3.05, 3.63) is 53.1 Å². The summed E-state index contributed by atoms with van der Waals surface area (Å²) in [4.78, 5) is 10.0. The van der Waals surface area contributed by atoms with Gasteiger partial charge in [0, 0.05) is 5.02 Å². The summed E-state index contributed by atoms with van der Waals surface area (Å²) in [5.41, 5.74) is 0.956. The Morgan fingerprint density at radius 1 is 1.21 bits per heavy atom. The van der Waals surface area contributed by atoms with E-state index < -0.39 is 5.97 Å². The third kappa shape index (κ3) is 3.92. The number of carbonyl (C=O) groups is 1. The van der Waals surface area contributed by atoms with Gasteiger partial charge in [0.25, 0.3) is 0 Å². The van der Waals surface area contributed by atoms with Gasteiger partial charge < -0.3 is 9.90 Å². The Morgan fingerprint density at radius 3 is 2.43 bits per heavy atom. The van der Waals surface area contributed by atoms with Crippen LogP contribution in [0, 0.1) is 0 Å². The van der Waals surface area contributed by atoms with Gasteiger partial charge in [0.05, 0.1) is 5.97 Å². The molecule has 0 fully saturated rings. The molecule has 0 saturated carbocycles. The van der Waals surface area contributed by atoms with Crippen molar-refractivity contribution < 1.29 is 9.90 Å². The molecule has 0 spiro atoms. The summed E-state index contributed by atoms with van der Waals surface area (Å²) in [7, 11) is 0. The molecule has 0 aliphatic heterocycles. The van der Waals surface area contributed by atoms with Gasteiger partial charge in [-0.2, -0.15) is 0 Å². The maximum Gasteiger partial charge on any atom is 0.0642 e. The van der Waals surface area contributed by atoms with E-state index in [1.165, 1.54) is 6.08 Å². The van der Waals surface area contributed by atoms with Gasteiger partial charge in [0.2, 0.25) is 0 Å². The number of hydrogen-bond donors (Lipinski definition) is 0. The highest BCUT2D eigenvalue weighted by Crippen LogP contribution is 2.10. The molecule has 0 heterocycles. The lowest BCUT2D eigenvalue weighted by Gasteiger charge is -1.92. The first kappa shape index (κ1) is 10.5. The van der Waals surface area contributed by atoms with E-state index in [0.717, 1.165) is 11.6 Å². The Morgan fingerprint density at radius 2 is 1.86 bits per heavy atom. The van der Waals surface area contributed by atoms with Gasteiger partial charge in [0.1, 0.15) is 0 Å². The molecule has 0 amide bonds. The molecule has 72 valence electrons. The second kappa shape index (κ2) is 5.25. The fraction of sp³-hybridized carbons (Fsp3) is 0. The fourth-order valence-electron chi connectivity index (χ4n) is 0.875. The molecule has 0 aliphatic rings. The summed E-state index contributed by atoms with van der Waals surface area (Å²) < 4.78 is 0. The first-order valence-electron chi connectivity index (χ1n) is 4.00. The minimum absolute atomic E-state index is 0.674. The lowest BCUT2D eigenvalue weighted by molar-refractivity contribution is -0.297. The number of rotatable bonds is 3. The van der Waals surface area contributed by atoms with Crippen molar-refractivity contribution in [3.63, 3.8) is 0 Å². The molecule has 3 heteroatoms. The molecular formula is C11H8ClO2-. The molecule has 0 unspecified atom stereocenters. The molecule has 1 rings (SSSR count). The predicted octanol–water partition coefficient (Wildman–Crippen LogP) is 1.66. The predicted molar refractivity (Wildman–Crippen MR) is 54.6 cm³/mol. The van der Waals surface area contributed by atoms with Gasteiger partial charge in [-0.3, -0.25) is 0 Å². The normalized spacial score (nSPS) is 11.2. The van der Waals surface area contributed by atoms with Crippen LogP contribution in [0.15, 0.2) is 42.5 Å². The quantitative estimate of drug-likeness (QED) is 0.559. The van der Waals surface area contributed by atoms with Crippen LogP contribution in [0.25, 0.3) is 6.08 Å². The highest BCUT2D eigenvalue weighted by molar-refractivity contribution is 6.30. The van der Waals surface area contributed by atoms with Crippen LogP contribution in [-0.2, 0) is 4.79 Å². The van der Waals surface area contributed by atoms with Gasteiger partial charge in [-0.25, -0.2) is 0 Å². The lowest BCUT2D eigenvalue weighted by Crippen LogP contribution is -2.18. The number of allylic oxidation sites excluding steroid dienone is 2. The van der Waals surface area contributed by atoms with E-state index in [1.807, 2.05) is 12.1 Å². The molecule has 0 bridgehead atoms. The topological polar surface area (TPSA) is 40.1 Å². The first-order valence-corrected chi connectivity index (χ1v) is 4.37. The maximum atomic E-state index is 10.0. The largest absolute Gasteiger partial charge is 0.545 e. The molecule has 2 nitrogen and oxygen atoms in total. The van der Waals surface area contributed by atoms with Crippen LogP contribution in [0.2, 0.25) is 5.02 Å². The van der Waals surface area contributed by atoms with E-state index in [0.29, 0.717) is 5.02 Å². The monoisotopic (exact) mass is 207 g/mol. The Bertz CT molecular complexity index is 363. The van der Waals surface area contributed by atoms with Gasteiger partial charge in [-0.05, 0) is 23.8 Å². The summed E-state index contributed by atoms with van der Waals surface area (Å²) in [6, 6.07) is 7.21. The third-order valence-electron chi connectivity index (χ3n) is 1.50. The first-order chi connectivity index (χ1) is 6.68. The molecule has 1 aromatic rings. The lowest BCUT2D eigenvalue weighted by atomic mass is 10.2. The smallest absolute Gasteiger partial charge is 0.0642 e. The number of halogens is 1. The SMILES string of the molecule is O=C([O-])/C=C/C=C/c1ccc(Cl)cc1. The average Bonchev–Trinajstić information content (AvgIpc) is 2.15. The van der Waals surface area contributed by atoms with Gasteiger partial charge in [0.15, 0.2) is 0 Å². The van der Waals surface area contributed by atoms with Gasteiger partial charge in [-0.1, -0.05) is 42.0 Å². The van der Waals surface area contributed by atoms with E-state index in [4.69, 9.17) is 11.6 Å². The van der Waals surface area contributed by atoms with Crippen LogP contribution in [0.3, 0.4) is 0 Å². The highest BCUT2D eigenvalue weighted by Gasteiger charge is 1.85. The van der Waals surface area contributed by atoms with Crippen molar-refractivity contribution in [1.82, 2.24) is 0 Å². The standard InChI is InChI=1S/C11H9ClO2/c12-10-7-5-9(6-8-10)3-1-2-4-11(13)14/h1-8H,(H,13,14)/p-1/b3-1+,4-2+. The van der Waals surface area contributed by atoms with Crippen molar-refractivity contribution in [2.45, 2.75) is 0 Å². The van der Waals surface area contributed by atoms with E-state index >= 15 is 0 Å². The molecule has 14 heavy (non-hydrogen) atoms. The zero-order chi connectivity index (χ0) is 10.4.